The SMILES string of the molecule is O=S(=O)(c1ccccn1)C(F)(F)[C@]1(O)O[C@H](COCc2ccccc2)[C@@H](OCc2ccccc2)[C@H](OCc2ccccc2)[C@@H]1OCc1ccccc1. The summed E-state index contributed by atoms with van der Waals surface area (Å²) in [6, 6.07) is 39.5. The van der Waals surface area contributed by atoms with E-state index in [4.69, 9.17) is 23.7 Å². The van der Waals surface area contributed by atoms with Gasteiger partial charge in [-0.1, -0.05) is 127 Å². The second kappa shape index (κ2) is 17.0. The van der Waals surface area contributed by atoms with Crippen LogP contribution in [0.2, 0.25) is 0 Å². The predicted octanol–water partition coefficient (Wildman–Crippen LogP) is 6.51. The van der Waals surface area contributed by atoms with Crippen LogP contribution in [0, 0.1) is 0 Å². The summed E-state index contributed by atoms with van der Waals surface area (Å²) in [4.78, 5) is 3.68. The minimum atomic E-state index is -5.70. The molecule has 5 atom stereocenters. The topological polar surface area (TPSA) is 113 Å². The fourth-order valence-electron chi connectivity index (χ4n) is 5.92. The lowest BCUT2D eigenvalue weighted by Gasteiger charge is -2.51. The van der Waals surface area contributed by atoms with Gasteiger partial charge >= 0.3 is 5.25 Å². The van der Waals surface area contributed by atoms with E-state index in [9.17, 15) is 13.5 Å². The van der Waals surface area contributed by atoms with E-state index < -0.39 is 50.3 Å². The Morgan fingerprint density at radius 1 is 0.635 bits per heavy atom. The largest absolute Gasteiger partial charge is 0.406 e. The summed E-state index contributed by atoms with van der Waals surface area (Å²) in [5.74, 6) is -3.83. The third-order valence-electron chi connectivity index (χ3n) is 8.61. The highest BCUT2D eigenvalue weighted by Gasteiger charge is 2.73. The molecule has 0 radical (unpaired) electrons. The molecule has 5 aromatic rings. The zero-order valence-electron chi connectivity index (χ0n) is 28.1. The summed E-state index contributed by atoms with van der Waals surface area (Å²) in [6.07, 6.45) is -5.23. The highest BCUT2D eigenvalue weighted by atomic mass is 32.2. The van der Waals surface area contributed by atoms with E-state index in [2.05, 4.69) is 4.98 Å². The molecule has 9 nitrogen and oxygen atoms in total. The number of hydrogen-bond acceptors (Lipinski definition) is 9. The van der Waals surface area contributed by atoms with Crippen LogP contribution in [-0.2, 0) is 59.9 Å². The standard InChI is InChI=1S/C40H39F2NO8S/c41-40(42,52(45,46)35-23-13-14-24-43-35)39(44)38(50-28-33-21-11-4-12-22-33)37(49-27-32-19-9-3-10-20-32)36(48-26-31-17-7-2-8-18-31)34(51-39)29-47-25-30-15-5-1-6-16-30/h1-24,34,36-38,44H,25-29H2/t34-,36-,37+,38+,39-/m1/s1. The molecule has 0 saturated carbocycles. The summed E-state index contributed by atoms with van der Waals surface area (Å²) in [7, 11) is -5.70. The molecule has 0 bridgehead atoms. The molecule has 1 saturated heterocycles. The van der Waals surface area contributed by atoms with Crippen LogP contribution in [-0.4, -0.2) is 60.6 Å². The van der Waals surface area contributed by atoms with E-state index in [0.29, 0.717) is 11.1 Å². The van der Waals surface area contributed by atoms with Crippen LogP contribution >= 0.6 is 0 Å². The molecule has 0 amide bonds. The Morgan fingerprint density at radius 3 is 1.56 bits per heavy atom. The molecule has 1 N–H and O–H groups in total. The van der Waals surface area contributed by atoms with Crippen molar-refractivity contribution >= 4 is 9.84 Å². The summed E-state index contributed by atoms with van der Waals surface area (Å²) in [6.45, 7) is -0.734. The number of aliphatic hydroxyl groups is 1. The Hall–Kier alpha value is -4.40. The molecule has 1 aromatic heterocycles. The van der Waals surface area contributed by atoms with Crippen molar-refractivity contribution in [1.82, 2.24) is 4.98 Å². The Kier molecular flexibility index (Phi) is 12.2. The fraction of sp³-hybridized carbons (Fsp3) is 0.275. The van der Waals surface area contributed by atoms with Crippen LogP contribution in [0.5, 0.6) is 0 Å². The first-order valence-electron chi connectivity index (χ1n) is 16.7. The predicted molar refractivity (Wildman–Crippen MR) is 187 cm³/mol. The number of sulfone groups is 1. The third kappa shape index (κ3) is 8.45. The van der Waals surface area contributed by atoms with Gasteiger partial charge in [-0.25, -0.2) is 13.4 Å². The van der Waals surface area contributed by atoms with Crippen molar-refractivity contribution in [3.63, 3.8) is 0 Å². The first kappa shape index (κ1) is 37.4. The molecule has 6 rings (SSSR count). The monoisotopic (exact) mass is 731 g/mol. The number of hydrogen-bond donors (Lipinski definition) is 1. The number of aromatic nitrogens is 1. The number of benzene rings is 4. The van der Waals surface area contributed by atoms with E-state index >= 15 is 8.78 Å². The number of rotatable bonds is 16. The number of alkyl halides is 2. The molecule has 272 valence electrons. The number of pyridine rings is 1. The second-order valence-corrected chi connectivity index (χ2v) is 14.2. The van der Waals surface area contributed by atoms with Crippen LogP contribution in [0.4, 0.5) is 8.78 Å². The molecular weight excluding hydrogens is 693 g/mol. The highest BCUT2D eigenvalue weighted by molar-refractivity contribution is 7.92. The van der Waals surface area contributed by atoms with Gasteiger partial charge in [0.2, 0.25) is 0 Å². The minimum Gasteiger partial charge on any atom is -0.374 e. The second-order valence-electron chi connectivity index (χ2n) is 12.3. The summed E-state index contributed by atoms with van der Waals surface area (Å²) in [5.41, 5.74) is 2.81. The van der Waals surface area contributed by atoms with Gasteiger partial charge in [-0.2, -0.15) is 8.78 Å². The zero-order chi connectivity index (χ0) is 36.4. The van der Waals surface area contributed by atoms with Gasteiger partial charge in [0.1, 0.15) is 24.4 Å². The molecule has 4 aromatic carbocycles. The first-order chi connectivity index (χ1) is 25.2. The Labute approximate surface area is 301 Å². The maximum Gasteiger partial charge on any atom is 0.406 e. The van der Waals surface area contributed by atoms with Crippen molar-refractivity contribution in [2.75, 3.05) is 6.61 Å². The molecule has 1 aliphatic heterocycles. The van der Waals surface area contributed by atoms with E-state index in [1.54, 1.807) is 54.6 Å². The highest BCUT2D eigenvalue weighted by Crippen LogP contribution is 2.48. The summed E-state index contributed by atoms with van der Waals surface area (Å²) >= 11 is 0. The van der Waals surface area contributed by atoms with Crippen molar-refractivity contribution in [2.45, 2.75) is 66.9 Å². The lowest BCUT2D eigenvalue weighted by atomic mass is 9.91. The number of halogens is 2. The molecule has 52 heavy (non-hydrogen) atoms. The molecule has 2 heterocycles. The summed E-state index contributed by atoms with van der Waals surface area (Å²) in [5, 5.41) is 6.32. The Balaban J connectivity index is 1.44. The maximum atomic E-state index is 17.0. The van der Waals surface area contributed by atoms with Gasteiger partial charge in [-0.15, -0.1) is 0 Å². The summed E-state index contributed by atoms with van der Waals surface area (Å²) < 4.78 is 92.3. The zero-order valence-corrected chi connectivity index (χ0v) is 28.9. The molecule has 0 aliphatic carbocycles. The third-order valence-corrected chi connectivity index (χ3v) is 10.4. The number of nitrogens with zero attached hydrogens (tertiary/aromatic N) is 1. The Bertz CT molecular complexity index is 1930. The quantitative estimate of drug-likeness (QED) is 0.121. The molecular formula is C40H39F2NO8S. The van der Waals surface area contributed by atoms with Crippen molar-refractivity contribution < 1.29 is 46.0 Å². The van der Waals surface area contributed by atoms with Gasteiger partial charge < -0.3 is 28.8 Å². The molecule has 1 aliphatic rings. The molecule has 0 spiro atoms. The lowest BCUT2D eigenvalue weighted by molar-refractivity contribution is -0.408. The molecule has 1 fully saturated rings. The average molecular weight is 732 g/mol. The molecule has 12 heteroatoms. The van der Waals surface area contributed by atoms with Crippen molar-refractivity contribution in [1.29, 1.82) is 0 Å². The average Bonchev–Trinajstić information content (AvgIpc) is 3.18. The van der Waals surface area contributed by atoms with Gasteiger partial charge in [0.25, 0.3) is 15.6 Å². The van der Waals surface area contributed by atoms with Crippen molar-refractivity contribution in [2.24, 2.45) is 0 Å². The smallest absolute Gasteiger partial charge is 0.374 e. The minimum absolute atomic E-state index is 0.00170. The van der Waals surface area contributed by atoms with E-state index in [0.717, 1.165) is 23.4 Å². The van der Waals surface area contributed by atoms with E-state index in [1.165, 1.54) is 12.1 Å². The van der Waals surface area contributed by atoms with Gasteiger partial charge in [-0.05, 0) is 34.4 Å². The van der Waals surface area contributed by atoms with Crippen molar-refractivity contribution in [3.8, 4) is 0 Å². The Morgan fingerprint density at radius 2 is 1.08 bits per heavy atom. The maximum absolute atomic E-state index is 17.0. The van der Waals surface area contributed by atoms with E-state index in [-0.39, 0.29) is 33.0 Å². The van der Waals surface area contributed by atoms with Gasteiger partial charge in [0.15, 0.2) is 5.03 Å². The van der Waals surface area contributed by atoms with Gasteiger partial charge in [-0.3, -0.25) is 0 Å². The first-order valence-corrected chi connectivity index (χ1v) is 18.2. The lowest BCUT2D eigenvalue weighted by Crippen LogP contribution is -2.74. The van der Waals surface area contributed by atoms with Gasteiger partial charge in [0, 0.05) is 6.20 Å². The van der Waals surface area contributed by atoms with Crippen LogP contribution in [0.1, 0.15) is 22.3 Å². The van der Waals surface area contributed by atoms with Crippen molar-refractivity contribution in [3.05, 3.63) is 168 Å². The molecule has 0 unspecified atom stereocenters. The van der Waals surface area contributed by atoms with Crippen LogP contribution in [0.3, 0.4) is 0 Å². The van der Waals surface area contributed by atoms with E-state index in [1.807, 2.05) is 66.7 Å². The van der Waals surface area contributed by atoms with Crippen LogP contribution in [0.25, 0.3) is 0 Å². The number of ether oxygens (including phenoxy) is 5. The van der Waals surface area contributed by atoms with Crippen LogP contribution in [0.15, 0.2) is 151 Å². The normalized spacial score (nSPS) is 22.2. The van der Waals surface area contributed by atoms with Gasteiger partial charge in [0.05, 0.1) is 33.0 Å². The fourth-order valence-corrected chi connectivity index (χ4v) is 7.19. The van der Waals surface area contributed by atoms with Crippen LogP contribution < -0.4 is 0 Å².